The zero-order valence-electron chi connectivity index (χ0n) is 42.4. The highest BCUT2D eigenvalue weighted by Crippen LogP contribution is 2.37. The molecule has 0 aliphatic carbocycles. The van der Waals surface area contributed by atoms with Gasteiger partial charge in [-0.2, -0.15) is 10.5 Å². The number of H-pyrrole nitrogens is 1. The van der Waals surface area contributed by atoms with Crippen molar-refractivity contribution in [2.24, 2.45) is 5.73 Å². The zero-order chi connectivity index (χ0) is 52.6. The number of hydrogen-bond acceptors (Lipinski definition) is 14. The van der Waals surface area contributed by atoms with E-state index in [1.807, 2.05) is 25.3 Å². The Morgan fingerprint density at radius 2 is 1.52 bits per heavy atom. The quantitative estimate of drug-likeness (QED) is 0.0274. The molecule has 2 aromatic carbocycles. The molecule has 1 aliphatic heterocycles. The summed E-state index contributed by atoms with van der Waals surface area (Å²) < 4.78 is 73.5. The highest BCUT2D eigenvalue weighted by Gasteiger charge is 2.42. The molecule has 17 nitrogen and oxygen atoms in total. The molecule has 21 heteroatoms. The number of unbranched alkanes of at least 4 members (excludes halogenated alkanes) is 4. The molecule has 6 aromatic rings. The maximum absolute atomic E-state index is 13.8. The second-order valence-corrected chi connectivity index (χ2v) is 27.6. The third-order valence-corrected chi connectivity index (χ3v) is 15.3. The van der Waals surface area contributed by atoms with Crippen LogP contribution in [0.25, 0.3) is 22.8 Å². The number of nitrogens with two attached hydrogens (primary N) is 1. The van der Waals surface area contributed by atoms with Crippen molar-refractivity contribution in [3.05, 3.63) is 120 Å². The van der Waals surface area contributed by atoms with E-state index in [-0.39, 0.29) is 47.5 Å². The van der Waals surface area contributed by atoms with E-state index in [0.717, 1.165) is 38.1 Å². The van der Waals surface area contributed by atoms with Gasteiger partial charge in [-0.05, 0) is 101 Å². The van der Waals surface area contributed by atoms with Gasteiger partial charge in [0.2, 0.25) is 11.6 Å². The number of aromatic nitrogens is 6. The van der Waals surface area contributed by atoms with Crippen LogP contribution < -0.4 is 10.5 Å². The van der Waals surface area contributed by atoms with Crippen LogP contribution in [0.4, 0.5) is 8.78 Å². The molecular formula is C52H66F2N10O7SSi. The van der Waals surface area contributed by atoms with Gasteiger partial charge in [-0.1, -0.05) is 45.3 Å². The number of halogens is 2. The number of nitrogens with one attached hydrogen (secondary N) is 2. The molecule has 3 atom stereocenters. The number of ketones is 1. The van der Waals surface area contributed by atoms with E-state index < -0.39 is 35.6 Å². The van der Waals surface area contributed by atoms with Gasteiger partial charge < -0.3 is 38.3 Å². The monoisotopic (exact) mass is 1040 g/mol. The summed E-state index contributed by atoms with van der Waals surface area (Å²) in [5.41, 5.74) is 9.22. The number of imidazole rings is 2. The van der Waals surface area contributed by atoms with Gasteiger partial charge in [0.1, 0.15) is 54.7 Å². The number of nitrogens with zero attached hydrogens (tertiary/aromatic N) is 7. The molecule has 390 valence electrons. The average Bonchev–Trinajstić information content (AvgIpc) is 4.23. The molecule has 0 bridgehead atoms. The number of ether oxygens (including phenoxy) is 3. The van der Waals surface area contributed by atoms with E-state index in [2.05, 4.69) is 56.4 Å². The van der Waals surface area contributed by atoms with Crippen LogP contribution in [-0.4, -0.2) is 72.1 Å². The topological polar surface area (TPSA) is 246 Å². The molecule has 0 spiro atoms. The molecule has 5 heterocycles. The minimum Gasteiger partial charge on any atom is -0.444 e. The van der Waals surface area contributed by atoms with Crippen LogP contribution in [0.15, 0.2) is 82.3 Å². The number of aromatic amines is 1. The Kier molecular flexibility index (Phi) is 20.2. The number of hydrogen-bond donors (Lipinski definition) is 3. The molecule has 4 aromatic heterocycles. The molecule has 0 saturated carbocycles. The van der Waals surface area contributed by atoms with Crippen LogP contribution in [0, 0.1) is 34.3 Å². The minimum atomic E-state index is -1.43. The molecule has 4 N–H and O–H groups in total. The SMILES string of the molecule is CC(C)(C)[S@@](=O)N[C@@H](CCCCCC1(c2ncco2)OCCO1)c1c(C#N)nc(-c2ccc(F)cc2)n1COCC[Si](C)(C)C.N#Cc1nc(-c2ccc(F)cc2)[nH]c1[C@@H](N)CCCCCC(=O)c1ncco1. The average molecular weight is 1040 g/mol. The van der Waals surface area contributed by atoms with Crippen LogP contribution in [0.1, 0.15) is 136 Å². The summed E-state index contributed by atoms with van der Waals surface area (Å²) in [6.07, 6.45) is 12.8. The van der Waals surface area contributed by atoms with Crippen LogP contribution in [-0.2, 0) is 37.7 Å². The number of oxazole rings is 2. The first-order valence-corrected chi connectivity index (χ1v) is 29.4. The Labute approximate surface area is 428 Å². The second-order valence-electron chi connectivity index (χ2n) is 19.9. The summed E-state index contributed by atoms with van der Waals surface area (Å²) in [5.74, 6) is -0.232. The summed E-state index contributed by atoms with van der Waals surface area (Å²) in [7, 11) is -2.77. The molecular weight excluding hydrogens is 975 g/mol. The van der Waals surface area contributed by atoms with E-state index in [1.165, 1.54) is 43.0 Å². The van der Waals surface area contributed by atoms with E-state index in [4.69, 9.17) is 33.8 Å². The lowest BCUT2D eigenvalue weighted by Gasteiger charge is -2.26. The maximum Gasteiger partial charge on any atom is 0.263 e. The van der Waals surface area contributed by atoms with Gasteiger partial charge in [0, 0.05) is 44.7 Å². The summed E-state index contributed by atoms with van der Waals surface area (Å²) in [6.45, 7) is 14.3. The Morgan fingerprint density at radius 3 is 2.12 bits per heavy atom. The fourth-order valence-corrected chi connectivity index (χ4v) is 9.59. The van der Waals surface area contributed by atoms with Crippen molar-refractivity contribution in [1.29, 1.82) is 10.5 Å². The molecule has 7 rings (SSSR count). The smallest absolute Gasteiger partial charge is 0.263 e. The van der Waals surface area contributed by atoms with Gasteiger partial charge in [0.05, 0.1) is 58.8 Å². The third kappa shape index (κ3) is 16.0. The third-order valence-electron chi connectivity index (χ3n) is 12.0. The fourth-order valence-electron chi connectivity index (χ4n) is 7.99. The van der Waals surface area contributed by atoms with Gasteiger partial charge >= 0.3 is 0 Å². The largest absolute Gasteiger partial charge is 0.444 e. The van der Waals surface area contributed by atoms with E-state index >= 15 is 0 Å². The predicted molar refractivity (Wildman–Crippen MR) is 273 cm³/mol. The number of benzene rings is 2. The zero-order valence-corrected chi connectivity index (χ0v) is 44.2. The van der Waals surface area contributed by atoms with Crippen molar-refractivity contribution in [2.45, 2.75) is 140 Å². The highest BCUT2D eigenvalue weighted by atomic mass is 32.2. The number of carbonyl (C=O) groups is 1. The molecule has 0 unspecified atom stereocenters. The van der Waals surface area contributed by atoms with Crippen molar-refractivity contribution in [1.82, 2.24) is 34.2 Å². The predicted octanol–water partition coefficient (Wildman–Crippen LogP) is 10.7. The molecule has 73 heavy (non-hydrogen) atoms. The molecule has 0 radical (unpaired) electrons. The molecule has 1 saturated heterocycles. The summed E-state index contributed by atoms with van der Waals surface area (Å²) in [5, 5.41) is 19.6. The first-order chi connectivity index (χ1) is 34.9. The van der Waals surface area contributed by atoms with Gasteiger partial charge in [-0.15, -0.1) is 0 Å². The number of carbonyl (C=O) groups excluding carboxylic acids is 1. The van der Waals surface area contributed by atoms with Gasteiger partial charge in [-0.3, -0.25) is 4.79 Å². The van der Waals surface area contributed by atoms with Crippen molar-refractivity contribution < 1.29 is 40.8 Å². The number of nitriles is 2. The molecule has 1 fully saturated rings. The fraction of sp³-hybridized carbons (Fsp3) is 0.481. The standard InChI is InChI=1S/C32H46FN5O5SSi.C20H20FN5O2/c1-31(2,3)44(39)37-26(10-8-7-9-15-32(42-18-19-43-32)30-35-16-17-41-30)28-27(22-34)36-29(24-11-13-25(33)14-12-24)38(28)23-40-20-21-45(4,5)6;21-14-8-6-13(7-9-14)19-25-16(12-22)18(26-19)15(23)4-2-1-3-5-17(27)20-24-10-11-28-20/h11-14,16-17,26,37H,7-10,15,18-21,23H2,1-6H3;6-11,15H,1-5,23H2,(H,25,26)/t26-,44+;15-/m00/s1. The van der Waals surface area contributed by atoms with Crippen molar-refractivity contribution in [3.63, 3.8) is 0 Å². The first kappa shape index (κ1) is 56.3. The van der Waals surface area contributed by atoms with Crippen LogP contribution in [0.2, 0.25) is 25.7 Å². The van der Waals surface area contributed by atoms with E-state index in [9.17, 15) is 28.3 Å². The van der Waals surface area contributed by atoms with Crippen molar-refractivity contribution >= 4 is 24.8 Å². The highest BCUT2D eigenvalue weighted by molar-refractivity contribution is 7.84. The Bertz CT molecular complexity index is 2770. The Balaban J connectivity index is 0.000000265. The van der Waals surface area contributed by atoms with Gasteiger partial charge in [0.25, 0.3) is 11.8 Å². The summed E-state index contributed by atoms with van der Waals surface area (Å²) >= 11 is 0. The lowest BCUT2D eigenvalue weighted by atomic mass is 10.0. The van der Waals surface area contributed by atoms with Crippen LogP contribution >= 0.6 is 0 Å². The first-order valence-electron chi connectivity index (χ1n) is 24.6. The Morgan fingerprint density at radius 1 is 0.890 bits per heavy atom. The Hall–Kier alpha value is -6.04. The van der Waals surface area contributed by atoms with E-state index in [1.54, 1.807) is 30.5 Å². The number of Topliss-reactive ketones (excluding diaryl/α,β-unsaturated/α-hetero) is 1. The normalized spacial score (nSPS) is 14.7. The maximum atomic E-state index is 13.8. The molecule has 0 amide bonds. The van der Waals surface area contributed by atoms with Crippen molar-refractivity contribution in [3.8, 4) is 34.9 Å². The van der Waals surface area contributed by atoms with Crippen molar-refractivity contribution in [2.75, 3.05) is 19.8 Å². The van der Waals surface area contributed by atoms with E-state index in [0.29, 0.717) is 92.0 Å². The summed E-state index contributed by atoms with van der Waals surface area (Å²) in [4.78, 5) is 32.0. The van der Waals surface area contributed by atoms with Gasteiger partial charge in [-0.25, -0.2) is 37.6 Å². The number of rotatable bonds is 25. The van der Waals surface area contributed by atoms with Gasteiger partial charge in [0.15, 0.2) is 11.4 Å². The lowest BCUT2D eigenvalue weighted by molar-refractivity contribution is -0.187. The summed E-state index contributed by atoms with van der Waals surface area (Å²) in [6, 6.07) is 16.4. The lowest BCUT2D eigenvalue weighted by Crippen LogP contribution is -2.37. The second kappa shape index (κ2) is 26.3. The minimum absolute atomic E-state index is 0.112. The van der Waals surface area contributed by atoms with Crippen LogP contribution in [0.3, 0.4) is 0 Å². The molecule has 1 aliphatic rings. The van der Waals surface area contributed by atoms with Crippen LogP contribution in [0.5, 0.6) is 0 Å².